The Labute approximate surface area is 90.6 Å². The van der Waals surface area contributed by atoms with Crippen LogP contribution in [0.1, 0.15) is 19.3 Å². The Morgan fingerprint density at radius 3 is 3.07 bits per heavy atom. The summed E-state index contributed by atoms with van der Waals surface area (Å²) in [6, 6.07) is 0.135. The predicted molar refractivity (Wildman–Crippen MR) is 58.1 cm³/mol. The van der Waals surface area contributed by atoms with E-state index < -0.39 is 0 Å². The van der Waals surface area contributed by atoms with Gasteiger partial charge in [0.15, 0.2) is 0 Å². The molecule has 1 saturated heterocycles. The molecule has 1 rings (SSSR count). The van der Waals surface area contributed by atoms with E-state index in [4.69, 9.17) is 11.5 Å². The minimum absolute atomic E-state index is 0.0618. The van der Waals surface area contributed by atoms with Gasteiger partial charge in [0.1, 0.15) is 0 Å². The zero-order valence-corrected chi connectivity index (χ0v) is 8.91. The molecule has 4 heteroatoms. The summed E-state index contributed by atoms with van der Waals surface area (Å²) in [6.07, 6.45) is 8.25. The number of amides is 1. The SMILES string of the molecule is C#CCNC(=O)CN1CCCCC1CO. The standard InChI is InChI=1S/C11H18N2O2/c1-2-6-12-11(15)8-13-7-4-3-5-10(13)9-14/h1,10,14H,3-9H2,(H,12,15). The van der Waals surface area contributed by atoms with Gasteiger partial charge in [-0.1, -0.05) is 12.3 Å². The van der Waals surface area contributed by atoms with Crippen LogP contribution in [0.4, 0.5) is 0 Å². The first-order valence-electron chi connectivity index (χ1n) is 5.33. The molecule has 1 unspecified atom stereocenters. The average molecular weight is 210 g/mol. The maximum atomic E-state index is 11.4. The van der Waals surface area contributed by atoms with Crippen LogP contribution in [0.25, 0.3) is 0 Å². The molecule has 2 N–H and O–H groups in total. The van der Waals surface area contributed by atoms with Crippen molar-refractivity contribution in [1.82, 2.24) is 10.2 Å². The number of aliphatic hydroxyl groups is 1. The monoisotopic (exact) mass is 210 g/mol. The largest absolute Gasteiger partial charge is 0.395 e. The number of aliphatic hydroxyl groups excluding tert-OH is 1. The molecule has 0 aromatic carbocycles. The first-order valence-corrected chi connectivity index (χ1v) is 5.33. The van der Waals surface area contributed by atoms with Gasteiger partial charge in [0, 0.05) is 6.04 Å². The highest BCUT2D eigenvalue weighted by Gasteiger charge is 2.23. The van der Waals surface area contributed by atoms with E-state index >= 15 is 0 Å². The maximum absolute atomic E-state index is 11.4. The van der Waals surface area contributed by atoms with Gasteiger partial charge in [-0.2, -0.15) is 0 Å². The normalized spacial score (nSPS) is 22.0. The van der Waals surface area contributed by atoms with Crippen molar-refractivity contribution in [3.05, 3.63) is 0 Å². The van der Waals surface area contributed by atoms with Crippen molar-refractivity contribution in [2.45, 2.75) is 25.3 Å². The smallest absolute Gasteiger partial charge is 0.234 e. The summed E-state index contributed by atoms with van der Waals surface area (Å²) >= 11 is 0. The molecule has 1 fully saturated rings. The van der Waals surface area contributed by atoms with E-state index in [2.05, 4.69) is 11.2 Å². The molecular formula is C11H18N2O2. The molecular weight excluding hydrogens is 192 g/mol. The molecule has 1 aliphatic rings. The van der Waals surface area contributed by atoms with Crippen LogP contribution in [0.3, 0.4) is 0 Å². The van der Waals surface area contributed by atoms with Crippen LogP contribution in [-0.4, -0.2) is 48.2 Å². The van der Waals surface area contributed by atoms with Gasteiger partial charge in [-0.25, -0.2) is 0 Å². The number of hydrogen-bond donors (Lipinski definition) is 2. The number of piperidine rings is 1. The summed E-state index contributed by atoms with van der Waals surface area (Å²) < 4.78 is 0. The van der Waals surface area contributed by atoms with E-state index in [1.807, 2.05) is 4.90 Å². The molecule has 0 saturated carbocycles. The third kappa shape index (κ3) is 3.90. The number of likely N-dealkylation sites (tertiary alicyclic amines) is 1. The Balaban J connectivity index is 2.34. The van der Waals surface area contributed by atoms with E-state index in [0.717, 1.165) is 25.8 Å². The molecule has 1 atom stereocenters. The van der Waals surface area contributed by atoms with Crippen molar-refractivity contribution in [1.29, 1.82) is 0 Å². The highest BCUT2D eigenvalue weighted by atomic mass is 16.3. The number of carbonyl (C=O) groups is 1. The van der Waals surface area contributed by atoms with Gasteiger partial charge in [-0.05, 0) is 19.4 Å². The third-order valence-electron chi connectivity index (χ3n) is 2.69. The fourth-order valence-corrected chi connectivity index (χ4v) is 1.86. The van der Waals surface area contributed by atoms with Crippen molar-refractivity contribution in [2.75, 3.05) is 26.2 Å². The summed E-state index contributed by atoms with van der Waals surface area (Å²) in [7, 11) is 0. The lowest BCUT2D eigenvalue weighted by molar-refractivity contribution is -0.123. The minimum atomic E-state index is -0.0618. The summed E-state index contributed by atoms with van der Waals surface area (Å²) in [5.41, 5.74) is 0. The van der Waals surface area contributed by atoms with Gasteiger partial charge in [-0.15, -0.1) is 6.42 Å². The van der Waals surface area contributed by atoms with Gasteiger partial charge in [0.05, 0.1) is 19.7 Å². The molecule has 15 heavy (non-hydrogen) atoms. The molecule has 4 nitrogen and oxygen atoms in total. The number of nitrogens with zero attached hydrogens (tertiary/aromatic N) is 1. The van der Waals surface area contributed by atoms with Crippen LogP contribution >= 0.6 is 0 Å². The van der Waals surface area contributed by atoms with Gasteiger partial charge < -0.3 is 10.4 Å². The summed E-state index contributed by atoms with van der Waals surface area (Å²) in [6.45, 7) is 1.63. The second kappa shape index (κ2) is 6.44. The van der Waals surface area contributed by atoms with Gasteiger partial charge in [0.25, 0.3) is 0 Å². The Bertz CT molecular complexity index is 247. The van der Waals surface area contributed by atoms with E-state index in [0.29, 0.717) is 6.54 Å². The number of carbonyl (C=O) groups excluding carboxylic acids is 1. The average Bonchev–Trinajstić information content (AvgIpc) is 2.27. The third-order valence-corrected chi connectivity index (χ3v) is 2.69. The highest BCUT2D eigenvalue weighted by molar-refractivity contribution is 5.78. The molecule has 0 spiro atoms. The first kappa shape index (κ1) is 12.0. The Hall–Kier alpha value is -1.05. The zero-order valence-electron chi connectivity index (χ0n) is 8.91. The summed E-state index contributed by atoms with van der Waals surface area (Å²) in [4.78, 5) is 13.4. The quantitative estimate of drug-likeness (QED) is 0.620. The van der Waals surface area contributed by atoms with Crippen LogP contribution in [0.5, 0.6) is 0 Å². The number of rotatable bonds is 4. The van der Waals surface area contributed by atoms with Crippen molar-refractivity contribution >= 4 is 5.91 Å². The molecule has 0 aromatic heterocycles. The lowest BCUT2D eigenvalue weighted by Gasteiger charge is -2.33. The van der Waals surface area contributed by atoms with Crippen molar-refractivity contribution in [3.8, 4) is 12.3 Å². The second-order valence-corrected chi connectivity index (χ2v) is 3.78. The predicted octanol–water partition coefficient (Wildman–Crippen LogP) is -0.417. The fraction of sp³-hybridized carbons (Fsp3) is 0.727. The van der Waals surface area contributed by atoms with Crippen LogP contribution in [0.2, 0.25) is 0 Å². The maximum Gasteiger partial charge on any atom is 0.234 e. The molecule has 0 aromatic rings. The van der Waals surface area contributed by atoms with Crippen LogP contribution in [-0.2, 0) is 4.79 Å². The van der Waals surface area contributed by atoms with E-state index in [9.17, 15) is 4.79 Å². The van der Waals surface area contributed by atoms with Crippen molar-refractivity contribution < 1.29 is 9.90 Å². The molecule has 1 aliphatic heterocycles. The van der Waals surface area contributed by atoms with E-state index in [1.165, 1.54) is 0 Å². The molecule has 0 aliphatic carbocycles. The highest BCUT2D eigenvalue weighted by Crippen LogP contribution is 2.15. The lowest BCUT2D eigenvalue weighted by atomic mass is 10.0. The summed E-state index contributed by atoms with van der Waals surface area (Å²) in [5, 5.41) is 11.8. The van der Waals surface area contributed by atoms with E-state index in [1.54, 1.807) is 0 Å². The van der Waals surface area contributed by atoms with Gasteiger partial charge in [-0.3, -0.25) is 9.69 Å². The molecule has 84 valence electrons. The number of terminal acetylenes is 1. The van der Waals surface area contributed by atoms with Crippen LogP contribution in [0.15, 0.2) is 0 Å². The first-order chi connectivity index (χ1) is 7.27. The Morgan fingerprint density at radius 2 is 2.40 bits per heavy atom. The van der Waals surface area contributed by atoms with E-state index in [-0.39, 0.29) is 25.1 Å². The van der Waals surface area contributed by atoms with Crippen molar-refractivity contribution in [3.63, 3.8) is 0 Å². The van der Waals surface area contributed by atoms with Crippen LogP contribution < -0.4 is 5.32 Å². The fourth-order valence-electron chi connectivity index (χ4n) is 1.86. The van der Waals surface area contributed by atoms with Gasteiger partial charge >= 0.3 is 0 Å². The Morgan fingerprint density at radius 1 is 1.60 bits per heavy atom. The minimum Gasteiger partial charge on any atom is -0.395 e. The van der Waals surface area contributed by atoms with Crippen LogP contribution in [0, 0.1) is 12.3 Å². The van der Waals surface area contributed by atoms with Crippen molar-refractivity contribution in [2.24, 2.45) is 0 Å². The Kier molecular flexibility index (Phi) is 5.16. The van der Waals surface area contributed by atoms with Gasteiger partial charge in [0.2, 0.25) is 5.91 Å². The topological polar surface area (TPSA) is 52.6 Å². The number of hydrogen-bond acceptors (Lipinski definition) is 3. The molecule has 1 heterocycles. The lowest BCUT2D eigenvalue weighted by Crippen LogP contribution is -2.47. The molecule has 0 radical (unpaired) electrons. The molecule has 1 amide bonds. The number of nitrogens with one attached hydrogen (secondary N) is 1. The summed E-state index contributed by atoms with van der Waals surface area (Å²) in [5.74, 6) is 2.30. The molecule has 0 bridgehead atoms. The zero-order chi connectivity index (χ0) is 11.1. The second-order valence-electron chi connectivity index (χ2n) is 3.78.